The molecule has 0 saturated heterocycles. The highest BCUT2D eigenvalue weighted by molar-refractivity contribution is 5.93. The Hall–Kier alpha value is -2.84. The van der Waals surface area contributed by atoms with Gasteiger partial charge >= 0.3 is 0 Å². The molecule has 1 aliphatic carbocycles. The number of fused-ring (bicyclic) bond motifs is 1. The molecule has 122 valence electrons. The second-order valence-corrected chi connectivity index (χ2v) is 5.72. The van der Waals surface area contributed by atoms with Crippen molar-refractivity contribution in [2.75, 3.05) is 7.11 Å². The molecular weight excluding hydrogens is 302 g/mol. The maximum atomic E-state index is 11.3. The number of aromatic nitrogens is 1. The molecule has 1 amide bonds. The van der Waals surface area contributed by atoms with Gasteiger partial charge < -0.3 is 15.0 Å². The fourth-order valence-corrected chi connectivity index (χ4v) is 3.26. The summed E-state index contributed by atoms with van der Waals surface area (Å²) in [5, 5.41) is 9.74. The van der Waals surface area contributed by atoms with Gasteiger partial charge in [0.1, 0.15) is 6.07 Å². The first kappa shape index (κ1) is 16.0. The molecule has 0 spiro atoms. The third kappa shape index (κ3) is 2.51. The molecular formula is C19H19N3O2. The van der Waals surface area contributed by atoms with Crippen molar-refractivity contribution in [2.24, 2.45) is 5.73 Å². The molecule has 1 aromatic heterocycles. The molecule has 2 aromatic rings. The fourth-order valence-electron chi connectivity index (χ4n) is 3.26. The van der Waals surface area contributed by atoms with Crippen LogP contribution in [0.25, 0.3) is 17.3 Å². The molecule has 1 heterocycles. The largest absolute Gasteiger partial charge is 0.377 e. The van der Waals surface area contributed by atoms with Crippen LogP contribution in [0.1, 0.15) is 34.1 Å². The summed E-state index contributed by atoms with van der Waals surface area (Å²) >= 11 is 0. The van der Waals surface area contributed by atoms with E-state index in [1.807, 2.05) is 24.3 Å². The van der Waals surface area contributed by atoms with Crippen LogP contribution < -0.4 is 5.73 Å². The first-order chi connectivity index (χ1) is 11.6. The first-order valence-electron chi connectivity index (χ1n) is 7.87. The number of nitrogens with two attached hydrogens (primary N) is 1. The van der Waals surface area contributed by atoms with Crippen LogP contribution in [0.15, 0.2) is 30.3 Å². The van der Waals surface area contributed by atoms with Gasteiger partial charge in [-0.25, -0.2) is 0 Å². The molecule has 0 bridgehead atoms. The molecule has 1 atom stereocenters. The van der Waals surface area contributed by atoms with Gasteiger partial charge in [-0.2, -0.15) is 5.26 Å². The summed E-state index contributed by atoms with van der Waals surface area (Å²) in [6, 6.07) is 9.42. The molecule has 24 heavy (non-hydrogen) atoms. The molecule has 1 aromatic carbocycles. The quantitative estimate of drug-likeness (QED) is 0.940. The molecule has 1 aliphatic rings. The second-order valence-electron chi connectivity index (χ2n) is 5.72. The van der Waals surface area contributed by atoms with Crippen LogP contribution in [-0.2, 0) is 17.7 Å². The lowest BCUT2D eigenvalue weighted by molar-refractivity contribution is 0.100. The van der Waals surface area contributed by atoms with Crippen molar-refractivity contribution in [3.63, 3.8) is 0 Å². The van der Waals surface area contributed by atoms with Crippen LogP contribution in [0.5, 0.6) is 0 Å². The van der Waals surface area contributed by atoms with Gasteiger partial charge in [-0.15, -0.1) is 0 Å². The van der Waals surface area contributed by atoms with Crippen molar-refractivity contribution in [3.8, 4) is 17.3 Å². The van der Waals surface area contributed by atoms with E-state index in [0.717, 1.165) is 29.1 Å². The van der Waals surface area contributed by atoms with Gasteiger partial charge in [-0.3, -0.25) is 4.79 Å². The predicted molar refractivity (Wildman–Crippen MR) is 92.3 cm³/mol. The van der Waals surface area contributed by atoms with Crippen LogP contribution in [0.4, 0.5) is 0 Å². The van der Waals surface area contributed by atoms with Gasteiger partial charge in [-0.05, 0) is 36.3 Å². The molecule has 2 N–H and O–H groups in total. The van der Waals surface area contributed by atoms with Crippen LogP contribution in [0.3, 0.4) is 0 Å². The Bertz CT molecular complexity index is 854. The summed E-state index contributed by atoms with van der Waals surface area (Å²) in [5.41, 5.74) is 10.3. The molecule has 5 nitrogen and oxygen atoms in total. The minimum Gasteiger partial charge on any atom is -0.377 e. The number of nitriles is 1. The molecule has 0 radical (unpaired) electrons. The van der Waals surface area contributed by atoms with Crippen LogP contribution in [0.2, 0.25) is 0 Å². The molecule has 5 heteroatoms. The summed E-state index contributed by atoms with van der Waals surface area (Å²) < 4.78 is 7.56. The normalized spacial score (nSPS) is 15.8. The van der Waals surface area contributed by atoms with Crippen LogP contribution in [-0.4, -0.2) is 23.7 Å². The minimum atomic E-state index is -0.460. The molecule has 0 saturated carbocycles. The number of rotatable bonds is 4. The molecule has 1 unspecified atom stereocenters. The summed E-state index contributed by atoms with van der Waals surface area (Å²) in [6.45, 7) is 2.80. The number of primary amides is 1. The first-order valence-corrected chi connectivity index (χ1v) is 7.87. The van der Waals surface area contributed by atoms with Gasteiger partial charge in [0.25, 0.3) is 0 Å². The highest BCUT2D eigenvalue weighted by Gasteiger charge is 2.26. The topological polar surface area (TPSA) is 81.0 Å². The summed E-state index contributed by atoms with van der Waals surface area (Å²) in [6.07, 6.45) is 4.72. The Kier molecular flexibility index (Phi) is 4.24. The lowest BCUT2D eigenvalue weighted by Crippen LogP contribution is -2.15. The third-order valence-electron chi connectivity index (χ3n) is 4.46. The summed E-state index contributed by atoms with van der Waals surface area (Å²) in [4.78, 5) is 11.3. The summed E-state index contributed by atoms with van der Waals surface area (Å²) in [5.74, 6) is -0.460. The van der Waals surface area contributed by atoms with E-state index in [0.29, 0.717) is 17.5 Å². The van der Waals surface area contributed by atoms with Crippen LogP contribution in [0, 0.1) is 11.3 Å². The number of ether oxygens (including phenoxy) is 1. The van der Waals surface area contributed by atoms with E-state index in [2.05, 4.69) is 17.6 Å². The van der Waals surface area contributed by atoms with Crippen molar-refractivity contribution >= 4 is 12.0 Å². The van der Waals surface area contributed by atoms with E-state index in [4.69, 9.17) is 10.5 Å². The second kappa shape index (κ2) is 6.34. The van der Waals surface area contributed by atoms with Crippen molar-refractivity contribution in [2.45, 2.75) is 26.0 Å². The monoisotopic (exact) mass is 321 g/mol. The Morgan fingerprint density at radius 2 is 2.12 bits per heavy atom. The van der Waals surface area contributed by atoms with Crippen LogP contribution >= 0.6 is 0 Å². The van der Waals surface area contributed by atoms with E-state index in [9.17, 15) is 10.1 Å². The van der Waals surface area contributed by atoms with E-state index in [1.54, 1.807) is 19.2 Å². The zero-order chi connectivity index (χ0) is 17.3. The number of amides is 1. The lowest BCUT2D eigenvalue weighted by Gasteiger charge is -2.17. The van der Waals surface area contributed by atoms with Gasteiger partial charge in [0, 0.05) is 31.3 Å². The summed E-state index contributed by atoms with van der Waals surface area (Å²) in [7, 11) is 1.67. The standard InChI is InChI=1S/C19H19N3O2/c1-3-22-17-9-8-14(24-2)10-15(17)16(11-20)18(22)12-4-6-13(7-5-12)19(21)23/h4-9,14H,3,10H2,1-2H3,(H2,21,23). The van der Waals surface area contributed by atoms with Gasteiger partial charge in [0.15, 0.2) is 0 Å². The number of carbonyl (C=O) groups is 1. The predicted octanol–water partition coefficient (Wildman–Crippen LogP) is 2.73. The van der Waals surface area contributed by atoms with Gasteiger partial charge in [-0.1, -0.05) is 18.2 Å². The van der Waals surface area contributed by atoms with Crippen molar-refractivity contribution in [1.82, 2.24) is 4.57 Å². The highest BCUT2D eigenvalue weighted by atomic mass is 16.5. The highest BCUT2D eigenvalue weighted by Crippen LogP contribution is 2.35. The Labute approximate surface area is 141 Å². The fraction of sp³-hybridized carbons (Fsp3) is 0.263. The number of benzene rings is 1. The molecule has 0 fully saturated rings. The Balaban J connectivity index is 2.18. The van der Waals surface area contributed by atoms with E-state index >= 15 is 0 Å². The average Bonchev–Trinajstić information content (AvgIpc) is 2.94. The Morgan fingerprint density at radius 1 is 1.42 bits per heavy atom. The number of hydrogen-bond acceptors (Lipinski definition) is 3. The molecule has 0 aliphatic heterocycles. The average molecular weight is 321 g/mol. The zero-order valence-electron chi connectivity index (χ0n) is 13.7. The lowest BCUT2D eigenvalue weighted by atomic mass is 9.96. The van der Waals surface area contributed by atoms with Crippen molar-refractivity contribution < 1.29 is 9.53 Å². The number of carbonyl (C=O) groups excluding carboxylic acids is 1. The minimum absolute atomic E-state index is 0.0117. The maximum absolute atomic E-state index is 11.3. The van der Waals surface area contributed by atoms with Gasteiger partial charge in [0.05, 0.1) is 17.4 Å². The third-order valence-corrected chi connectivity index (χ3v) is 4.46. The Morgan fingerprint density at radius 3 is 2.67 bits per heavy atom. The number of hydrogen-bond donors (Lipinski definition) is 1. The molecule has 3 rings (SSSR count). The zero-order valence-corrected chi connectivity index (χ0v) is 13.7. The van der Waals surface area contributed by atoms with E-state index < -0.39 is 5.91 Å². The van der Waals surface area contributed by atoms with Crippen molar-refractivity contribution in [1.29, 1.82) is 5.26 Å². The number of nitrogens with zero attached hydrogens (tertiary/aromatic N) is 2. The van der Waals surface area contributed by atoms with Crippen molar-refractivity contribution in [3.05, 3.63) is 52.7 Å². The van der Waals surface area contributed by atoms with Gasteiger partial charge in [0.2, 0.25) is 5.91 Å². The maximum Gasteiger partial charge on any atom is 0.248 e. The smallest absolute Gasteiger partial charge is 0.248 e. The SMILES string of the molecule is CCn1c2c(c(C#N)c1-c1ccc(C(N)=O)cc1)CC(OC)C=C2. The van der Waals surface area contributed by atoms with E-state index in [-0.39, 0.29) is 6.10 Å². The van der Waals surface area contributed by atoms with E-state index in [1.165, 1.54) is 0 Å². The number of methoxy groups -OCH3 is 1.